The van der Waals surface area contributed by atoms with Gasteiger partial charge in [0.2, 0.25) is 10.0 Å². The van der Waals surface area contributed by atoms with Crippen LogP contribution in [0.4, 0.5) is 5.69 Å². The highest BCUT2D eigenvalue weighted by Gasteiger charge is 2.30. The molecule has 0 radical (unpaired) electrons. The van der Waals surface area contributed by atoms with Crippen molar-refractivity contribution < 1.29 is 13.5 Å². The number of piperazine rings is 1. The van der Waals surface area contributed by atoms with Crippen LogP contribution in [0.15, 0.2) is 29.2 Å². The molecule has 1 heterocycles. The predicted octanol–water partition coefficient (Wildman–Crippen LogP) is 0.346. The maximum atomic E-state index is 12.5. The Hall–Kier alpha value is -1.15. The molecule has 1 aliphatic heterocycles. The first-order valence-corrected chi connectivity index (χ1v) is 8.43. The molecular formula is C14H23N3O3S. The van der Waals surface area contributed by atoms with E-state index in [2.05, 4.69) is 4.90 Å². The Balaban J connectivity index is 2.03. The fourth-order valence-corrected chi connectivity index (χ4v) is 3.89. The van der Waals surface area contributed by atoms with E-state index in [0.29, 0.717) is 38.4 Å². The first-order chi connectivity index (χ1) is 9.68. The summed E-state index contributed by atoms with van der Waals surface area (Å²) in [5.74, 6) is 0. The van der Waals surface area contributed by atoms with Crippen LogP contribution in [-0.2, 0) is 10.0 Å². The summed E-state index contributed by atoms with van der Waals surface area (Å²) in [6.07, 6.45) is 0. The van der Waals surface area contributed by atoms with Gasteiger partial charge < -0.3 is 10.8 Å². The summed E-state index contributed by atoms with van der Waals surface area (Å²) in [4.78, 5) is 2.35. The van der Waals surface area contributed by atoms with Gasteiger partial charge in [0.25, 0.3) is 0 Å². The van der Waals surface area contributed by atoms with Crippen molar-refractivity contribution in [3.8, 4) is 0 Å². The number of anilines is 1. The molecule has 0 aromatic heterocycles. The summed E-state index contributed by atoms with van der Waals surface area (Å²) in [6.45, 7) is 6.17. The van der Waals surface area contributed by atoms with Gasteiger partial charge in [0.1, 0.15) is 0 Å². The van der Waals surface area contributed by atoms with Gasteiger partial charge in [0.05, 0.1) is 10.5 Å². The van der Waals surface area contributed by atoms with E-state index in [1.54, 1.807) is 26.0 Å². The van der Waals surface area contributed by atoms with Gasteiger partial charge in [-0.15, -0.1) is 0 Å². The van der Waals surface area contributed by atoms with Gasteiger partial charge in [-0.1, -0.05) is 0 Å². The lowest BCUT2D eigenvalue weighted by Crippen LogP contribution is -2.51. The molecule has 21 heavy (non-hydrogen) atoms. The maximum absolute atomic E-state index is 12.5. The Morgan fingerprint density at radius 1 is 1.14 bits per heavy atom. The smallest absolute Gasteiger partial charge is 0.243 e. The lowest BCUT2D eigenvalue weighted by atomic mass is 10.1. The largest absolute Gasteiger partial charge is 0.399 e. The summed E-state index contributed by atoms with van der Waals surface area (Å²) >= 11 is 0. The van der Waals surface area contributed by atoms with Crippen LogP contribution in [0.25, 0.3) is 0 Å². The second-order valence-corrected chi connectivity index (χ2v) is 8.00. The molecule has 0 spiro atoms. The zero-order valence-corrected chi connectivity index (χ0v) is 13.3. The molecule has 118 valence electrons. The highest BCUT2D eigenvalue weighted by atomic mass is 32.2. The third-order valence-electron chi connectivity index (χ3n) is 3.46. The van der Waals surface area contributed by atoms with Crippen LogP contribution in [0.3, 0.4) is 0 Å². The molecule has 1 fully saturated rings. The molecule has 0 aliphatic carbocycles. The van der Waals surface area contributed by atoms with Crippen molar-refractivity contribution in [1.29, 1.82) is 0 Å². The van der Waals surface area contributed by atoms with Crippen molar-refractivity contribution in [3.63, 3.8) is 0 Å². The number of hydrogen-bond donors (Lipinski definition) is 2. The monoisotopic (exact) mass is 313 g/mol. The number of β-amino-alcohol motifs (C(OH)–C–C–N with tert-alkyl or cyclic N) is 1. The van der Waals surface area contributed by atoms with Crippen LogP contribution in [0, 0.1) is 0 Å². The van der Waals surface area contributed by atoms with Crippen LogP contribution in [-0.4, -0.2) is 61.1 Å². The summed E-state index contributed by atoms with van der Waals surface area (Å²) in [5, 5.41) is 9.81. The van der Waals surface area contributed by atoms with Crippen molar-refractivity contribution in [2.45, 2.75) is 24.3 Å². The van der Waals surface area contributed by atoms with Gasteiger partial charge in [-0.25, -0.2) is 8.42 Å². The van der Waals surface area contributed by atoms with Crippen molar-refractivity contribution in [2.75, 3.05) is 38.5 Å². The number of aliphatic hydroxyl groups is 1. The summed E-state index contributed by atoms with van der Waals surface area (Å²) in [7, 11) is -3.46. The van der Waals surface area contributed by atoms with Crippen molar-refractivity contribution in [3.05, 3.63) is 24.3 Å². The maximum Gasteiger partial charge on any atom is 0.243 e. The third kappa shape index (κ3) is 4.16. The molecule has 1 aromatic rings. The number of hydrogen-bond acceptors (Lipinski definition) is 5. The van der Waals surface area contributed by atoms with E-state index in [0.717, 1.165) is 0 Å². The Bertz CT molecular complexity index is 570. The van der Waals surface area contributed by atoms with Crippen LogP contribution < -0.4 is 5.73 Å². The molecule has 2 rings (SSSR count). The molecule has 1 aromatic carbocycles. The zero-order chi connectivity index (χ0) is 15.7. The SMILES string of the molecule is CC(C)(O)CN1CCN(S(=O)(=O)c2ccc(N)cc2)CC1. The number of benzene rings is 1. The average molecular weight is 313 g/mol. The number of nitrogens with two attached hydrogens (primary N) is 1. The summed E-state index contributed by atoms with van der Waals surface area (Å²) in [5.41, 5.74) is 5.37. The quantitative estimate of drug-likeness (QED) is 0.783. The van der Waals surface area contributed by atoms with Gasteiger partial charge in [-0.3, -0.25) is 4.90 Å². The molecule has 0 amide bonds. The number of rotatable bonds is 4. The van der Waals surface area contributed by atoms with Crippen molar-refractivity contribution in [1.82, 2.24) is 9.21 Å². The van der Waals surface area contributed by atoms with Gasteiger partial charge in [-0.05, 0) is 38.1 Å². The Morgan fingerprint density at radius 3 is 2.14 bits per heavy atom. The minimum absolute atomic E-state index is 0.271. The zero-order valence-electron chi connectivity index (χ0n) is 12.5. The topological polar surface area (TPSA) is 86.9 Å². The molecule has 0 bridgehead atoms. The first kappa shape index (κ1) is 16.2. The second-order valence-electron chi connectivity index (χ2n) is 6.06. The lowest BCUT2D eigenvalue weighted by Gasteiger charge is -2.36. The summed E-state index contributed by atoms with van der Waals surface area (Å²) in [6, 6.07) is 6.26. The van der Waals surface area contributed by atoms with E-state index in [-0.39, 0.29) is 4.90 Å². The molecule has 7 heteroatoms. The van der Waals surface area contributed by atoms with Gasteiger partial charge in [0.15, 0.2) is 0 Å². The van der Waals surface area contributed by atoms with E-state index in [4.69, 9.17) is 5.73 Å². The molecule has 1 aliphatic rings. The molecular weight excluding hydrogens is 290 g/mol. The van der Waals surface area contributed by atoms with Crippen molar-refractivity contribution in [2.24, 2.45) is 0 Å². The number of nitrogen functional groups attached to an aromatic ring is 1. The molecule has 1 saturated heterocycles. The van der Waals surface area contributed by atoms with Crippen molar-refractivity contribution >= 4 is 15.7 Å². The molecule has 3 N–H and O–H groups in total. The first-order valence-electron chi connectivity index (χ1n) is 6.99. The number of nitrogens with zero attached hydrogens (tertiary/aromatic N) is 2. The molecule has 0 atom stereocenters. The minimum atomic E-state index is -3.46. The normalized spacial score (nSPS) is 18.8. The molecule has 0 saturated carbocycles. The Labute approximate surface area is 126 Å². The van der Waals surface area contributed by atoms with E-state index >= 15 is 0 Å². The van der Waals surface area contributed by atoms with Gasteiger partial charge in [0, 0.05) is 38.4 Å². The lowest BCUT2D eigenvalue weighted by molar-refractivity contribution is 0.0263. The van der Waals surface area contributed by atoms with Crippen LogP contribution in [0.2, 0.25) is 0 Å². The van der Waals surface area contributed by atoms with E-state index < -0.39 is 15.6 Å². The molecule has 0 unspecified atom stereocenters. The summed E-state index contributed by atoms with van der Waals surface area (Å²) < 4.78 is 26.5. The standard InChI is InChI=1S/C14H23N3O3S/c1-14(2,18)11-16-7-9-17(10-8-16)21(19,20)13-5-3-12(15)4-6-13/h3-6,18H,7-11,15H2,1-2H3. The fraction of sp³-hybridized carbons (Fsp3) is 0.571. The van der Waals surface area contributed by atoms with Crippen LogP contribution in [0.1, 0.15) is 13.8 Å². The van der Waals surface area contributed by atoms with E-state index in [9.17, 15) is 13.5 Å². The highest BCUT2D eigenvalue weighted by Crippen LogP contribution is 2.19. The molecule has 6 nitrogen and oxygen atoms in total. The fourth-order valence-electron chi connectivity index (χ4n) is 2.46. The minimum Gasteiger partial charge on any atom is -0.399 e. The Morgan fingerprint density at radius 2 is 1.67 bits per heavy atom. The van der Waals surface area contributed by atoms with Crippen LogP contribution >= 0.6 is 0 Å². The van der Waals surface area contributed by atoms with Crippen LogP contribution in [0.5, 0.6) is 0 Å². The average Bonchev–Trinajstić information content (AvgIpc) is 2.38. The number of sulfonamides is 1. The van der Waals surface area contributed by atoms with E-state index in [1.165, 1.54) is 16.4 Å². The Kier molecular flexibility index (Phi) is 4.57. The van der Waals surface area contributed by atoms with Gasteiger partial charge >= 0.3 is 0 Å². The van der Waals surface area contributed by atoms with E-state index in [1.807, 2.05) is 0 Å². The highest BCUT2D eigenvalue weighted by molar-refractivity contribution is 7.89. The third-order valence-corrected chi connectivity index (χ3v) is 5.37. The second kappa shape index (κ2) is 5.92. The predicted molar refractivity (Wildman–Crippen MR) is 82.4 cm³/mol. The van der Waals surface area contributed by atoms with Gasteiger partial charge in [-0.2, -0.15) is 4.31 Å².